The molecule has 1 amide bonds. The van der Waals surface area contributed by atoms with Crippen molar-refractivity contribution in [1.29, 1.82) is 0 Å². The molecule has 6 N–H and O–H groups in total. The summed E-state index contributed by atoms with van der Waals surface area (Å²) in [4.78, 5) is 24.8. The second kappa shape index (κ2) is 15.5. The molecule has 31 heavy (non-hydrogen) atoms. The molecule has 1 aromatic carbocycles. The average Bonchev–Trinajstić information content (AvgIpc) is 2.74. The van der Waals surface area contributed by atoms with E-state index in [1.165, 1.54) is 0 Å². The molecule has 0 aliphatic carbocycles. The highest BCUT2D eigenvalue weighted by molar-refractivity contribution is 7.98. The van der Waals surface area contributed by atoms with Gasteiger partial charge in [0.1, 0.15) is 6.04 Å². The molecule has 0 aliphatic rings. The van der Waals surface area contributed by atoms with Gasteiger partial charge in [-0.05, 0) is 42.8 Å². The van der Waals surface area contributed by atoms with Gasteiger partial charge < -0.3 is 21.5 Å². The lowest BCUT2D eigenvalue weighted by atomic mass is 10.0. The van der Waals surface area contributed by atoms with E-state index in [2.05, 4.69) is 42.4 Å². The van der Waals surface area contributed by atoms with E-state index in [0.29, 0.717) is 36.8 Å². The summed E-state index contributed by atoms with van der Waals surface area (Å²) >= 11 is 5.79. The number of carbonyl (C=O) groups is 2. The van der Waals surface area contributed by atoms with Crippen LogP contribution in [0.5, 0.6) is 0 Å². The SMILES string of the molecule is CSCC[C@H](NC(=O)[C@H](Cc1ccccc1)N[C@@H](CC(C)C)NC[C@@H](N)CS)C(=O)O. The molecule has 0 saturated carbocycles. The Morgan fingerprint density at radius 2 is 1.87 bits per heavy atom. The van der Waals surface area contributed by atoms with Crippen LogP contribution >= 0.6 is 24.4 Å². The molecule has 0 saturated heterocycles. The molecular weight excluding hydrogens is 432 g/mol. The van der Waals surface area contributed by atoms with Crippen molar-refractivity contribution in [2.24, 2.45) is 11.7 Å². The van der Waals surface area contributed by atoms with E-state index in [9.17, 15) is 14.7 Å². The van der Waals surface area contributed by atoms with E-state index in [1.807, 2.05) is 36.6 Å². The zero-order valence-electron chi connectivity index (χ0n) is 18.7. The van der Waals surface area contributed by atoms with Crippen LogP contribution < -0.4 is 21.7 Å². The van der Waals surface area contributed by atoms with Crippen molar-refractivity contribution >= 4 is 36.3 Å². The molecule has 7 nitrogen and oxygen atoms in total. The van der Waals surface area contributed by atoms with Crippen molar-refractivity contribution in [2.75, 3.05) is 24.3 Å². The standard InChI is InChI=1S/C22H38N4O3S2/c1-15(2)11-20(24-13-17(23)14-30)25-19(12-16-7-5-4-6-8-16)21(27)26-18(22(28)29)9-10-31-3/h4-8,15,17-20,24-25,30H,9-14,23H2,1-3H3,(H,26,27)(H,28,29)/t17-,18+,19+,20+/m1/s1. The number of carboxylic acid groups (broad SMARTS) is 1. The van der Waals surface area contributed by atoms with Crippen molar-refractivity contribution in [3.63, 3.8) is 0 Å². The molecule has 0 aliphatic heterocycles. The fourth-order valence-electron chi connectivity index (χ4n) is 3.13. The lowest BCUT2D eigenvalue weighted by molar-refractivity contribution is -0.142. The highest BCUT2D eigenvalue weighted by atomic mass is 32.2. The van der Waals surface area contributed by atoms with Crippen LogP contribution in [0, 0.1) is 5.92 Å². The quantitative estimate of drug-likeness (QED) is 0.161. The fourth-order valence-corrected chi connectivity index (χ4v) is 3.73. The van der Waals surface area contributed by atoms with Crippen LogP contribution in [0.25, 0.3) is 0 Å². The molecule has 0 spiro atoms. The number of carbonyl (C=O) groups excluding carboxylic acids is 1. The Hall–Kier alpha value is -1.26. The summed E-state index contributed by atoms with van der Waals surface area (Å²) in [5.74, 6) is 0.285. The van der Waals surface area contributed by atoms with Crippen LogP contribution in [0.4, 0.5) is 0 Å². The van der Waals surface area contributed by atoms with E-state index in [0.717, 1.165) is 12.0 Å². The topological polar surface area (TPSA) is 116 Å². The molecular formula is C22H38N4O3S2. The number of carboxylic acids is 1. The van der Waals surface area contributed by atoms with Crippen molar-refractivity contribution < 1.29 is 14.7 Å². The van der Waals surface area contributed by atoms with Crippen molar-refractivity contribution in [3.05, 3.63) is 35.9 Å². The number of hydrogen-bond acceptors (Lipinski definition) is 7. The molecule has 0 bridgehead atoms. The summed E-state index contributed by atoms with van der Waals surface area (Å²) in [5.41, 5.74) is 7.00. The van der Waals surface area contributed by atoms with Crippen LogP contribution in [-0.4, -0.2) is 65.6 Å². The van der Waals surface area contributed by atoms with Gasteiger partial charge in [-0.3, -0.25) is 10.1 Å². The Labute approximate surface area is 196 Å². The van der Waals surface area contributed by atoms with Gasteiger partial charge in [0.25, 0.3) is 0 Å². The van der Waals surface area contributed by atoms with Gasteiger partial charge in [0, 0.05) is 18.3 Å². The predicted octanol–water partition coefficient (Wildman–Crippen LogP) is 1.73. The number of aliphatic carboxylic acids is 1. The number of thiol groups is 1. The maximum Gasteiger partial charge on any atom is 0.326 e. The van der Waals surface area contributed by atoms with Gasteiger partial charge in [0.15, 0.2) is 0 Å². The minimum Gasteiger partial charge on any atom is -0.480 e. The lowest BCUT2D eigenvalue weighted by Crippen LogP contribution is -2.58. The Bertz CT molecular complexity index is 649. The molecule has 0 unspecified atom stereocenters. The van der Waals surface area contributed by atoms with Crippen LogP contribution in [0.3, 0.4) is 0 Å². The van der Waals surface area contributed by atoms with Crippen molar-refractivity contribution in [2.45, 2.75) is 57.4 Å². The third-order valence-electron chi connectivity index (χ3n) is 4.79. The second-order valence-corrected chi connectivity index (χ2v) is 9.47. The highest BCUT2D eigenvalue weighted by Gasteiger charge is 2.27. The van der Waals surface area contributed by atoms with E-state index in [1.54, 1.807) is 11.8 Å². The third kappa shape index (κ3) is 11.8. The normalized spacial score (nSPS) is 15.3. The largest absolute Gasteiger partial charge is 0.480 e. The zero-order valence-corrected chi connectivity index (χ0v) is 20.4. The Morgan fingerprint density at radius 1 is 1.19 bits per heavy atom. The molecule has 0 radical (unpaired) electrons. The summed E-state index contributed by atoms with van der Waals surface area (Å²) in [7, 11) is 0. The van der Waals surface area contributed by atoms with Crippen LogP contribution in [0.1, 0.15) is 32.3 Å². The van der Waals surface area contributed by atoms with E-state index < -0.39 is 18.1 Å². The molecule has 0 aromatic heterocycles. The van der Waals surface area contributed by atoms with Gasteiger partial charge in [-0.1, -0.05) is 44.2 Å². The number of amides is 1. The Morgan fingerprint density at radius 3 is 2.42 bits per heavy atom. The molecule has 9 heteroatoms. The molecule has 1 rings (SSSR count). The minimum atomic E-state index is -1.02. The second-order valence-electron chi connectivity index (χ2n) is 8.12. The number of nitrogens with one attached hydrogen (secondary N) is 3. The Kier molecular flexibility index (Phi) is 13.9. The molecule has 0 fully saturated rings. The number of rotatable bonds is 16. The van der Waals surface area contributed by atoms with Gasteiger partial charge in [-0.15, -0.1) is 0 Å². The van der Waals surface area contributed by atoms with Crippen molar-refractivity contribution in [1.82, 2.24) is 16.0 Å². The van der Waals surface area contributed by atoms with E-state index in [4.69, 9.17) is 5.73 Å². The van der Waals surface area contributed by atoms with Gasteiger partial charge >= 0.3 is 5.97 Å². The summed E-state index contributed by atoms with van der Waals surface area (Å²) in [6.45, 7) is 4.80. The smallest absolute Gasteiger partial charge is 0.326 e. The lowest BCUT2D eigenvalue weighted by Gasteiger charge is -2.29. The van der Waals surface area contributed by atoms with E-state index in [-0.39, 0.29) is 18.1 Å². The van der Waals surface area contributed by atoms with Gasteiger partial charge in [0.2, 0.25) is 5.91 Å². The Balaban J connectivity index is 2.98. The third-order valence-corrected chi connectivity index (χ3v) is 5.91. The van der Waals surface area contributed by atoms with Crippen LogP contribution in [0.15, 0.2) is 30.3 Å². The maximum atomic E-state index is 13.1. The van der Waals surface area contributed by atoms with Gasteiger partial charge in [-0.2, -0.15) is 24.4 Å². The monoisotopic (exact) mass is 470 g/mol. The highest BCUT2D eigenvalue weighted by Crippen LogP contribution is 2.09. The summed E-state index contributed by atoms with van der Waals surface area (Å²) < 4.78 is 0. The van der Waals surface area contributed by atoms with E-state index >= 15 is 0 Å². The molecule has 0 heterocycles. The molecule has 4 atom stereocenters. The molecule has 176 valence electrons. The summed E-state index contributed by atoms with van der Waals surface area (Å²) in [5, 5.41) is 19.1. The zero-order chi connectivity index (χ0) is 23.2. The van der Waals surface area contributed by atoms with Crippen molar-refractivity contribution in [3.8, 4) is 0 Å². The minimum absolute atomic E-state index is 0.0934. The number of benzene rings is 1. The van der Waals surface area contributed by atoms with Gasteiger partial charge in [-0.25, -0.2) is 4.79 Å². The van der Waals surface area contributed by atoms with Crippen LogP contribution in [-0.2, 0) is 16.0 Å². The first-order valence-electron chi connectivity index (χ1n) is 10.7. The predicted molar refractivity (Wildman–Crippen MR) is 133 cm³/mol. The molecule has 1 aromatic rings. The van der Waals surface area contributed by atoms with Gasteiger partial charge in [0.05, 0.1) is 12.2 Å². The van der Waals surface area contributed by atoms with Crippen LogP contribution in [0.2, 0.25) is 0 Å². The number of nitrogens with two attached hydrogens (primary N) is 1. The average molecular weight is 471 g/mol. The number of hydrogen-bond donors (Lipinski definition) is 6. The first kappa shape index (κ1) is 27.8. The first-order valence-corrected chi connectivity index (χ1v) is 12.7. The number of thioether (sulfide) groups is 1. The first-order chi connectivity index (χ1) is 14.8. The summed E-state index contributed by atoms with van der Waals surface area (Å²) in [6.07, 6.45) is 3.41. The maximum absolute atomic E-state index is 13.1. The summed E-state index contributed by atoms with van der Waals surface area (Å²) in [6, 6.07) is 8.13. The fraction of sp³-hybridized carbons (Fsp3) is 0.636.